The average Bonchev–Trinajstić information content (AvgIpc) is 2.69. The molecular formula is C13H20FN3. The number of nitrogens with two attached hydrogens (primary N) is 1. The molecule has 0 bridgehead atoms. The van der Waals surface area contributed by atoms with Gasteiger partial charge in [0.1, 0.15) is 5.82 Å². The van der Waals surface area contributed by atoms with E-state index in [9.17, 15) is 4.39 Å². The summed E-state index contributed by atoms with van der Waals surface area (Å²) in [7, 11) is 2.14. The molecule has 1 atom stereocenters. The molecule has 0 aliphatic carbocycles. The number of para-hydroxylation sites is 1. The fourth-order valence-corrected chi connectivity index (χ4v) is 2.39. The van der Waals surface area contributed by atoms with E-state index in [-0.39, 0.29) is 5.82 Å². The molecule has 0 radical (unpaired) electrons. The summed E-state index contributed by atoms with van der Waals surface area (Å²) in [6.45, 7) is 3.10. The van der Waals surface area contributed by atoms with Gasteiger partial charge in [-0.2, -0.15) is 0 Å². The highest BCUT2D eigenvalue weighted by Crippen LogP contribution is 2.23. The van der Waals surface area contributed by atoms with Crippen molar-refractivity contribution in [1.82, 2.24) is 4.90 Å². The molecule has 94 valence electrons. The molecule has 1 saturated heterocycles. The highest BCUT2D eigenvalue weighted by molar-refractivity contribution is 5.66. The molecule has 4 heteroatoms. The van der Waals surface area contributed by atoms with Crippen LogP contribution in [0.15, 0.2) is 18.2 Å². The lowest BCUT2D eigenvalue weighted by Gasteiger charge is -2.13. The number of nitrogen functional groups attached to an aromatic ring is 1. The first-order chi connectivity index (χ1) is 8.16. The Morgan fingerprint density at radius 1 is 1.53 bits per heavy atom. The second kappa shape index (κ2) is 5.36. The zero-order valence-electron chi connectivity index (χ0n) is 10.2. The third-order valence-corrected chi connectivity index (χ3v) is 3.39. The summed E-state index contributed by atoms with van der Waals surface area (Å²) in [6, 6.07) is 4.78. The number of benzene rings is 1. The summed E-state index contributed by atoms with van der Waals surface area (Å²) < 4.78 is 13.5. The lowest BCUT2D eigenvalue weighted by Crippen LogP contribution is -2.16. The van der Waals surface area contributed by atoms with Crippen LogP contribution in [0.1, 0.15) is 12.8 Å². The Labute approximate surface area is 102 Å². The van der Waals surface area contributed by atoms with E-state index in [4.69, 9.17) is 5.73 Å². The van der Waals surface area contributed by atoms with Gasteiger partial charge in [0.15, 0.2) is 0 Å². The summed E-state index contributed by atoms with van der Waals surface area (Å²) in [4.78, 5) is 2.34. The topological polar surface area (TPSA) is 41.3 Å². The number of likely N-dealkylation sites (tertiary alicyclic amines) is 1. The Bertz CT molecular complexity index is 361. The van der Waals surface area contributed by atoms with Crippen molar-refractivity contribution in [1.29, 1.82) is 0 Å². The Morgan fingerprint density at radius 3 is 3.00 bits per heavy atom. The zero-order valence-corrected chi connectivity index (χ0v) is 10.2. The van der Waals surface area contributed by atoms with Crippen molar-refractivity contribution in [3.8, 4) is 0 Å². The smallest absolute Gasteiger partial charge is 0.148 e. The Hall–Kier alpha value is -1.29. The van der Waals surface area contributed by atoms with Crippen LogP contribution in [0.25, 0.3) is 0 Å². The normalized spacial score (nSPS) is 20.7. The quantitative estimate of drug-likeness (QED) is 0.788. The summed E-state index contributed by atoms with van der Waals surface area (Å²) in [5.41, 5.74) is 6.65. The summed E-state index contributed by atoms with van der Waals surface area (Å²) in [5, 5.41) is 3.10. The first kappa shape index (κ1) is 12.2. The minimum absolute atomic E-state index is 0.270. The molecule has 1 aromatic rings. The summed E-state index contributed by atoms with van der Waals surface area (Å²) in [6.07, 6.45) is 2.31. The second-order valence-electron chi connectivity index (χ2n) is 4.84. The van der Waals surface area contributed by atoms with E-state index in [1.807, 2.05) is 0 Å². The van der Waals surface area contributed by atoms with Gasteiger partial charge >= 0.3 is 0 Å². The Kier molecular flexibility index (Phi) is 3.84. The molecule has 1 aromatic carbocycles. The molecule has 0 aromatic heterocycles. The minimum atomic E-state index is -0.270. The number of nitrogens with zero attached hydrogens (tertiary/aromatic N) is 1. The standard InChI is InChI=1S/C13H20FN3/c1-17-8-6-10(9-17)5-7-16-13-11(14)3-2-4-12(13)15/h2-4,10,16H,5-9,15H2,1H3. The minimum Gasteiger partial charge on any atom is -0.397 e. The highest BCUT2D eigenvalue weighted by Gasteiger charge is 2.18. The lowest BCUT2D eigenvalue weighted by molar-refractivity contribution is 0.390. The molecule has 1 heterocycles. The maximum Gasteiger partial charge on any atom is 0.148 e. The van der Waals surface area contributed by atoms with Crippen LogP contribution in [-0.2, 0) is 0 Å². The molecule has 1 fully saturated rings. The van der Waals surface area contributed by atoms with E-state index in [1.165, 1.54) is 19.0 Å². The van der Waals surface area contributed by atoms with Crippen molar-refractivity contribution in [3.63, 3.8) is 0 Å². The molecule has 0 amide bonds. The molecule has 1 aliphatic heterocycles. The van der Waals surface area contributed by atoms with Gasteiger partial charge in [0, 0.05) is 13.1 Å². The lowest BCUT2D eigenvalue weighted by atomic mass is 10.1. The number of hydrogen-bond donors (Lipinski definition) is 2. The van der Waals surface area contributed by atoms with Crippen LogP contribution in [0.2, 0.25) is 0 Å². The molecule has 1 unspecified atom stereocenters. The Balaban J connectivity index is 1.82. The summed E-state index contributed by atoms with van der Waals surface area (Å²) in [5.74, 6) is 0.453. The second-order valence-corrected chi connectivity index (χ2v) is 4.84. The molecule has 2 rings (SSSR count). The van der Waals surface area contributed by atoms with Gasteiger partial charge in [-0.15, -0.1) is 0 Å². The van der Waals surface area contributed by atoms with E-state index in [1.54, 1.807) is 12.1 Å². The predicted molar refractivity (Wildman–Crippen MR) is 69.5 cm³/mol. The van der Waals surface area contributed by atoms with Crippen molar-refractivity contribution in [3.05, 3.63) is 24.0 Å². The van der Waals surface area contributed by atoms with Gasteiger partial charge in [-0.1, -0.05) is 6.07 Å². The van der Waals surface area contributed by atoms with Crippen LogP contribution in [-0.4, -0.2) is 31.6 Å². The van der Waals surface area contributed by atoms with Gasteiger partial charge < -0.3 is 16.0 Å². The number of hydrogen-bond acceptors (Lipinski definition) is 3. The number of nitrogens with one attached hydrogen (secondary N) is 1. The van der Waals surface area contributed by atoms with Gasteiger partial charge in [-0.05, 0) is 44.5 Å². The van der Waals surface area contributed by atoms with Crippen LogP contribution in [0.3, 0.4) is 0 Å². The van der Waals surface area contributed by atoms with Crippen molar-refractivity contribution in [2.45, 2.75) is 12.8 Å². The van der Waals surface area contributed by atoms with Crippen LogP contribution < -0.4 is 11.1 Å². The van der Waals surface area contributed by atoms with Gasteiger partial charge in [-0.3, -0.25) is 0 Å². The SMILES string of the molecule is CN1CCC(CCNc2c(N)cccc2F)C1. The van der Waals surface area contributed by atoms with Crippen molar-refractivity contribution in [2.24, 2.45) is 5.92 Å². The number of rotatable bonds is 4. The van der Waals surface area contributed by atoms with Gasteiger partial charge in [0.25, 0.3) is 0 Å². The van der Waals surface area contributed by atoms with Crippen LogP contribution >= 0.6 is 0 Å². The number of anilines is 2. The zero-order chi connectivity index (χ0) is 12.3. The van der Waals surface area contributed by atoms with E-state index in [0.29, 0.717) is 11.4 Å². The summed E-state index contributed by atoms with van der Waals surface area (Å²) >= 11 is 0. The molecule has 1 aliphatic rings. The van der Waals surface area contributed by atoms with Crippen LogP contribution in [0, 0.1) is 11.7 Å². The highest BCUT2D eigenvalue weighted by atomic mass is 19.1. The van der Waals surface area contributed by atoms with Crippen molar-refractivity contribution in [2.75, 3.05) is 37.7 Å². The van der Waals surface area contributed by atoms with Gasteiger partial charge in [0.2, 0.25) is 0 Å². The molecular weight excluding hydrogens is 217 g/mol. The maximum absolute atomic E-state index is 13.5. The predicted octanol–water partition coefficient (Wildman–Crippen LogP) is 2.16. The van der Waals surface area contributed by atoms with Crippen molar-refractivity contribution < 1.29 is 4.39 Å². The number of halogens is 1. The van der Waals surface area contributed by atoms with E-state index >= 15 is 0 Å². The van der Waals surface area contributed by atoms with E-state index < -0.39 is 0 Å². The Morgan fingerprint density at radius 2 is 2.35 bits per heavy atom. The molecule has 17 heavy (non-hydrogen) atoms. The molecule has 0 spiro atoms. The third kappa shape index (κ3) is 3.09. The molecule has 3 nitrogen and oxygen atoms in total. The fourth-order valence-electron chi connectivity index (χ4n) is 2.39. The van der Waals surface area contributed by atoms with Gasteiger partial charge in [0.05, 0.1) is 11.4 Å². The van der Waals surface area contributed by atoms with Crippen LogP contribution in [0.5, 0.6) is 0 Å². The van der Waals surface area contributed by atoms with E-state index in [2.05, 4.69) is 17.3 Å². The molecule has 3 N–H and O–H groups in total. The first-order valence-corrected chi connectivity index (χ1v) is 6.13. The van der Waals surface area contributed by atoms with E-state index in [0.717, 1.165) is 25.4 Å². The fraction of sp³-hybridized carbons (Fsp3) is 0.538. The largest absolute Gasteiger partial charge is 0.397 e. The first-order valence-electron chi connectivity index (χ1n) is 6.13. The monoisotopic (exact) mass is 237 g/mol. The van der Waals surface area contributed by atoms with Gasteiger partial charge in [-0.25, -0.2) is 4.39 Å². The van der Waals surface area contributed by atoms with Crippen LogP contribution in [0.4, 0.5) is 15.8 Å². The van der Waals surface area contributed by atoms with Crippen molar-refractivity contribution >= 4 is 11.4 Å². The molecule has 0 saturated carbocycles. The average molecular weight is 237 g/mol. The third-order valence-electron chi connectivity index (χ3n) is 3.39. The maximum atomic E-state index is 13.5.